The van der Waals surface area contributed by atoms with Crippen LogP contribution in [0.4, 0.5) is 11.6 Å². The number of hydrogen-bond donors (Lipinski definition) is 2. The van der Waals surface area contributed by atoms with Crippen LogP contribution >= 0.6 is 0 Å². The highest BCUT2D eigenvalue weighted by molar-refractivity contribution is 7.92. The third-order valence-corrected chi connectivity index (χ3v) is 7.04. The maximum absolute atomic E-state index is 13.2. The molecule has 1 aliphatic carbocycles. The smallest absolute Gasteiger partial charge is 0.263 e. The number of rotatable bonds is 7. The predicted molar refractivity (Wildman–Crippen MR) is 126 cm³/mol. The Bertz CT molecular complexity index is 1240. The molecular formula is C24H28N4O2S. The molecule has 0 fully saturated rings. The molecule has 0 saturated carbocycles. The van der Waals surface area contributed by atoms with Gasteiger partial charge in [-0.05, 0) is 75.3 Å². The summed E-state index contributed by atoms with van der Waals surface area (Å²) in [6.45, 7) is 4.34. The molecule has 0 atom stereocenters. The molecular weight excluding hydrogens is 408 g/mol. The zero-order valence-corrected chi connectivity index (χ0v) is 18.8. The highest BCUT2D eigenvalue weighted by Crippen LogP contribution is 2.26. The molecule has 1 heterocycles. The van der Waals surface area contributed by atoms with Crippen LogP contribution in [0.5, 0.6) is 0 Å². The van der Waals surface area contributed by atoms with Crippen molar-refractivity contribution in [1.29, 1.82) is 0 Å². The Kier molecular flexibility index (Phi) is 6.23. The highest BCUT2D eigenvalue weighted by Gasteiger charge is 2.21. The molecule has 0 radical (unpaired) electrons. The maximum atomic E-state index is 13.2. The van der Waals surface area contributed by atoms with Gasteiger partial charge in [0, 0.05) is 6.54 Å². The lowest BCUT2D eigenvalue weighted by atomic mass is 9.97. The maximum Gasteiger partial charge on any atom is 0.263 e. The van der Waals surface area contributed by atoms with E-state index in [1.165, 1.54) is 18.4 Å². The Labute approximate surface area is 183 Å². The van der Waals surface area contributed by atoms with Crippen molar-refractivity contribution >= 4 is 32.7 Å². The SMILES string of the molecule is Cc1ccc(C)c(S(=O)(=O)Nc2nc3ccccc3nc2NCCC2=CCCCC2)c1. The number of para-hydroxylation sites is 2. The summed E-state index contributed by atoms with van der Waals surface area (Å²) in [5, 5.41) is 3.31. The molecule has 2 N–H and O–H groups in total. The van der Waals surface area contributed by atoms with Crippen LogP contribution in [0.1, 0.15) is 43.2 Å². The van der Waals surface area contributed by atoms with Crippen molar-refractivity contribution in [2.75, 3.05) is 16.6 Å². The van der Waals surface area contributed by atoms with Crippen LogP contribution in [-0.4, -0.2) is 24.9 Å². The lowest BCUT2D eigenvalue weighted by Crippen LogP contribution is -2.18. The Morgan fingerprint density at radius 1 is 0.968 bits per heavy atom. The lowest BCUT2D eigenvalue weighted by molar-refractivity contribution is 0.600. The number of nitrogens with one attached hydrogen (secondary N) is 2. The third-order valence-electron chi connectivity index (χ3n) is 5.56. The van der Waals surface area contributed by atoms with E-state index in [1.807, 2.05) is 43.3 Å². The van der Waals surface area contributed by atoms with Gasteiger partial charge in [-0.25, -0.2) is 18.4 Å². The normalized spacial score (nSPS) is 14.3. The fourth-order valence-electron chi connectivity index (χ4n) is 3.85. The molecule has 0 saturated heterocycles. The molecule has 0 bridgehead atoms. The van der Waals surface area contributed by atoms with Crippen molar-refractivity contribution in [2.24, 2.45) is 0 Å². The van der Waals surface area contributed by atoms with Gasteiger partial charge < -0.3 is 5.32 Å². The Morgan fingerprint density at radius 2 is 1.71 bits per heavy atom. The molecule has 3 aromatic rings. The first-order valence-corrected chi connectivity index (χ1v) is 12.2. The zero-order chi connectivity index (χ0) is 21.8. The monoisotopic (exact) mass is 436 g/mol. The summed E-state index contributed by atoms with van der Waals surface area (Å²) in [5.74, 6) is 0.668. The molecule has 2 aromatic carbocycles. The van der Waals surface area contributed by atoms with Crippen LogP contribution in [0.3, 0.4) is 0 Å². The number of nitrogens with zero attached hydrogens (tertiary/aromatic N) is 2. The van der Waals surface area contributed by atoms with E-state index in [0.717, 1.165) is 30.3 Å². The van der Waals surface area contributed by atoms with Crippen molar-refractivity contribution < 1.29 is 8.42 Å². The Balaban J connectivity index is 1.64. The summed E-state index contributed by atoms with van der Waals surface area (Å²) < 4.78 is 29.0. The fourth-order valence-corrected chi connectivity index (χ4v) is 5.19. The van der Waals surface area contributed by atoms with Crippen molar-refractivity contribution in [1.82, 2.24) is 9.97 Å². The van der Waals surface area contributed by atoms with Gasteiger partial charge in [0.1, 0.15) is 0 Å². The largest absolute Gasteiger partial charge is 0.367 e. The highest BCUT2D eigenvalue weighted by atomic mass is 32.2. The van der Waals surface area contributed by atoms with E-state index < -0.39 is 10.0 Å². The number of benzene rings is 2. The first-order valence-electron chi connectivity index (χ1n) is 10.7. The standard InChI is InChI=1S/C24H28N4O2S/c1-17-12-13-18(2)22(16-17)31(29,30)28-24-23(25-15-14-19-8-4-3-5-9-19)26-20-10-6-7-11-21(20)27-24/h6-8,10-13,16H,3-5,9,14-15H2,1-2H3,(H,25,26)(H,27,28). The molecule has 1 aliphatic rings. The minimum Gasteiger partial charge on any atom is -0.367 e. The van der Waals surface area contributed by atoms with Gasteiger partial charge in [0.2, 0.25) is 0 Å². The predicted octanol–water partition coefficient (Wildman–Crippen LogP) is 5.35. The zero-order valence-electron chi connectivity index (χ0n) is 18.0. The number of fused-ring (bicyclic) bond motifs is 1. The molecule has 6 nitrogen and oxygen atoms in total. The summed E-state index contributed by atoms with van der Waals surface area (Å²) in [4.78, 5) is 9.48. The second-order valence-corrected chi connectivity index (χ2v) is 9.72. The van der Waals surface area contributed by atoms with E-state index in [4.69, 9.17) is 0 Å². The minimum absolute atomic E-state index is 0.220. The molecule has 0 amide bonds. The molecule has 1 aromatic heterocycles. The van der Waals surface area contributed by atoms with Crippen LogP contribution in [0.15, 0.2) is 59.0 Å². The Hall–Kier alpha value is -2.93. The van der Waals surface area contributed by atoms with Gasteiger partial charge >= 0.3 is 0 Å². The van der Waals surface area contributed by atoms with Crippen molar-refractivity contribution in [3.8, 4) is 0 Å². The summed E-state index contributed by atoms with van der Waals surface area (Å²) in [6.07, 6.45) is 8.02. The molecule has 7 heteroatoms. The molecule has 31 heavy (non-hydrogen) atoms. The van der Waals surface area contributed by atoms with E-state index >= 15 is 0 Å². The van der Waals surface area contributed by atoms with Gasteiger partial charge in [-0.3, -0.25) is 4.72 Å². The topological polar surface area (TPSA) is 84.0 Å². The summed E-state index contributed by atoms with van der Waals surface area (Å²) >= 11 is 0. The number of sulfonamides is 1. The summed E-state index contributed by atoms with van der Waals surface area (Å²) in [6, 6.07) is 12.9. The van der Waals surface area contributed by atoms with Gasteiger partial charge in [-0.2, -0.15) is 0 Å². The van der Waals surface area contributed by atoms with E-state index in [9.17, 15) is 8.42 Å². The van der Waals surface area contributed by atoms with Crippen molar-refractivity contribution in [2.45, 2.75) is 50.8 Å². The summed E-state index contributed by atoms with van der Waals surface area (Å²) in [7, 11) is -3.81. The van der Waals surface area contributed by atoms with Crippen LogP contribution in [0.2, 0.25) is 0 Å². The first-order chi connectivity index (χ1) is 14.9. The van der Waals surface area contributed by atoms with E-state index in [1.54, 1.807) is 13.0 Å². The number of aromatic nitrogens is 2. The number of hydrogen-bond acceptors (Lipinski definition) is 5. The Morgan fingerprint density at radius 3 is 2.42 bits per heavy atom. The second-order valence-electron chi connectivity index (χ2n) is 8.07. The van der Waals surface area contributed by atoms with E-state index in [-0.39, 0.29) is 10.7 Å². The van der Waals surface area contributed by atoms with Crippen LogP contribution in [-0.2, 0) is 10.0 Å². The van der Waals surface area contributed by atoms with Gasteiger partial charge in [-0.15, -0.1) is 0 Å². The van der Waals surface area contributed by atoms with Gasteiger partial charge in [-0.1, -0.05) is 35.9 Å². The molecule has 162 valence electrons. The molecule has 0 spiro atoms. The van der Waals surface area contributed by atoms with Crippen LogP contribution in [0.25, 0.3) is 11.0 Å². The lowest BCUT2D eigenvalue weighted by Gasteiger charge is -2.16. The number of allylic oxidation sites excluding steroid dienone is 1. The van der Waals surface area contributed by atoms with E-state index in [2.05, 4.69) is 26.1 Å². The van der Waals surface area contributed by atoms with E-state index in [0.29, 0.717) is 23.4 Å². The average Bonchev–Trinajstić information content (AvgIpc) is 2.76. The second kappa shape index (κ2) is 9.06. The third kappa shape index (κ3) is 5.05. The molecule has 0 unspecified atom stereocenters. The van der Waals surface area contributed by atoms with Crippen LogP contribution in [0, 0.1) is 13.8 Å². The number of anilines is 2. The first kappa shape index (κ1) is 21.3. The van der Waals surface area contributed by atoms with Crippen molar-refractivity contribution in [3.63, 3.8) is 0 Å². The quantitative estimate of drug-likeness (QED) is 0.488. The molecule has 0 aliphatic heterocycles. The van der Waals surface area contributed by atoms with Gasteiger partial charge in [0.15, 0.2) is 11.6 Å². The van der Waals surface area contributed by atoms with Crippen molar-refractivity contribution in [3.05, 3.63) is 65.2 Å². The van der Waals surface area contributed by atoms with Crippen LogP contribution < -0.4 is 10.0 Å². The number of aryl methyl sites for hydroxylation is 2. The minimum atomic E-state index is -3.81. The fraction of sp³-hybridized carbons (Fsp3) is 0.333. The average molecular weight is 437 g/mol. The van der Waals surface area contributed by atoms with Gasteiger partial charge in [0.05, 0.1) is 15.9 Å². The molecule has 4 rings (SSSR count). The summed E-state index contributed by atoms with van der Waals surface area (Å²) in [5.41, 5.74) is 4.38. The van der Waals surface area contributed by atoms with Gasteiger partial charge in [0.25, 0.3) is 10.0 Å².